The van der Waals surface area contributed by atoms with Crippen LogP contribution in [0.2, 0.25) is 0 Å². The molecule has 2 rings (SSSR count). The first-order valence-electron chi connectivity index (χ1n) is 8.82. The van der Waals surface area contributed by atoms with E-state index in [-0.39, 0.29) is 36.1 Å². The number of hydrogen-bond donors (Lipinski definition) is 2. The lowest BCUT2D eigenvalue weighted by atomic mass is 9.98. The summed E-state index contributed by atoms with van der Waals surface area (Å²) < 4.78 is 5.80. The lowest BCUT2D eigenvalue weighted by Gasteiger charge is -2.41. The molecule has 1 aliphatic carbocycles. The molecule has 1 saturated heterocycles. The molecule has 0 bridgehead atoms. The number of carbonyl (C=O) groups excluding carboxylic acids is 1. The van der Waals surface area contributed by atoms with Crippen LogP contribution in [0.1, 0.15) is 47.0 Å². The van der Waals surface area contributed by atoms with Crippen LogP contribution in [0.15, 0.2) is 0 Å². The molecule has 5 unspecified atom stereocenters. The van der Waals surface area contributed by atoms with E-state index < -0.39 is 0 Å². The molecule has 5 heteroatoms. The molecule has 22 heavy (non-hydrogen) atoms. The van der Waals surface area contributed by atoms with Crippen LogP contribution in [0.25, 0.3) is 0 Å². The van der Waals surface area contributed by atoms with Crippen molar-refractivity contribution >= 4 is 5.91 Å². The average Bonchev–Trinajstić information content (AvgIpc) is 2.84. The van der Waals surface area contributed by atoms with Gasteiger partial charge in [-0.05, 0) is 45.1 Å². The lowest BCUT2D eigenvalue weighted by Crippen LogP contribution is -2.58. The molecule has 128 valence electrons. The highest BCUT2D eigenvalue weighted by Gasteiger charge is 2.36. The fraction of sp³-hybridized carbons (Fsp3) is 0.941. The predicted molar refractivity (Wildman–Crippen MR) is 88.5 cm³/mol. The Morgan fingerprint density at radius 1 is 1.27 bits per heavy atom. The third-order valence-corrected chi connectivity index (χ3v) is 5.03. The number of hydrogen-bond acceptors (Lipinski definition) is 4. The largest absolute Gasteiger partial charge is 0.373 e. The maximum absolute atomic E-state index is 12.9. The first-order chi connectivity index (χ1) is 10.4. The maximum Gasteiger partial charge on any atom is 0.237 e. The summed E-state index contributed by atoms with van der Waals surface area (Å²) in [6.45, 7) is 10.7. The van der Waals surface area contributed by atoms with E-state index >= 15 is 0 Å². The van der Waals surface area contributed by atoms with Crippen LogP contribution in [0.5, 0.6) is 0 Å². The molecule has 0 aromatic carbocycles. The van der Waals surface area contributed by atoms with E-state index in [0.29, 0.717) is 12.5 Å². The Hall–Kier alpha value is -0.650. The Morgan fingerprint density at radius 2 is 1.91 bits per heavy atom. The highest BCUT2D eigenvalue weighted by atomic mass is 16.5. The van der Waals surface area contributed by atoms with Gasteiger partial charge >= 0.3 is 0 Å². The summed E-state index contributed by atoms with van der Waals surface area (Å²) in [6.07, 6.45) is 3.74. The molecule has 0 radical (unpaired) electrons. The van der Waals surface area contributed by atoms with Crippen molar-refractivity contribution in [2.24, 2.45) is 17.6 Å². The van der Waals surface area contributed by atoms with Gasteiger partial charge in [0.25, 0.3) is 0 Å². The zero-order valence-corrected chi connectivity index (χ0v) is 14.5. The molecule has 3 N–H and O–H groups in total. The highest BCUT2D eigenvalue weighted by molar-refractivity contribution is 5.82. The third-order valence-electron chi connectivity index (χ3n) is 5.03. The Balaban J connectivity index is 2.02. The molecule has 1 amide bonds. The Labute approximate surface area is 134 Å². The van der Waals surface area contributed by atoms with Crippen molar-refractivity contribution in [3.63, 3.8) is 0 Å². The Bertz CT molecular complexity index is 365. The number of morpholine rings is 1. The summed E-state index contributed by atoms with van der Waals surface area (Å²) >= 11 is 0. The number of rotatable bonds is 5. The van der Waals surface area contributed by atoms with Gasteiger partial charge in [0, 0.05) is 19.1 Å². The van der Waals surface area contributed by atoms with E-state index in [9.17, 15) is 4.79 Å². The number of nitrogens with one attached hydrogen (secondary N) is 1. The minimum atomic E-state index is -0.0761. The van der Waals surface area contributed by atoms with E-state index in [1.165, 1.54) is 6.42 Å². The number of amides is 1. The van der Waals surface area contributed by atoms with Gasteiger partial charge in [0.2, 0.25) is 5.91 Å². The molecule has 2 aliphatic rings. The standard InChI is InChI=1S/C17H33N3O2/c1-11(2)16(20-9-12(3)22-13(4)10-20)17(21)19-15-7-5-6-14(15)8-18/h11-16H,5-10,18H2,1-4H3,(H,19,21). The van der Waals surface area contributed by atoms with Crippen molar-refractivity contribution in [2.45, 2.75) is 71.2 Å². The van der Waals surface area contributed by atoms with E-state index in [1.54, 1.807) is 0 Å². The van der Waals surface area contributed by atoms with Crippen molar-refractivity contribution in [3.05, 3.63) is 0 Å². The van der Waals surface area contributed by atoms with Gasteiger partial charge < -0.3 is 15.8 Å². The number of carbonyl (C=O) groups is 1. The van der Waals surface area contributed by atoms with Gasteiger partial charge in [-0.25, -0.2) is 0 Å². The number of nitrogens with zero attached hydrogens (tertiary/aromatic N) is 1. The fourth-order valence-electron chi connectivity index (χ4n) is 4.11. The topological polar surface area (TPSA) is 67.6 Å². The molecule has 5 nitrogen and oxygen atoms in total. The summed E-state index contributed by atoms with van der Waals surface area (Å²) in [4.78, 5) is 15.2. The van der Waals surface area contributed by atoms with Gasteiger partial charge in [0.05, 0.1) is 18.2 Å². The first-order valence-corrected chi connectivity index (χ1v) is 8.82. The average molecular weight is 311 g/mol. The van der Waals surface area contributed by atoms with Gasteiger partial charge in [-0.2, -0.15) is 0 Å². The minimum absolute atomic E-state index is 0.0761. The molecule has 0 aromatic heterocycles. The highest BCUT2D eigenvalue weighted by Crippen LogP contribution is 2.26. The van der Waals surface area contributed by atoms with Gasteiger partial charge in [0.15, 0.2) is 0 Å². The van der Waals surface area contributed by atoms with Gasteiger partial charge in [-0.15, -0.1) is 0 Å². The van der Waals surface area contributed by atoms with E-state index in [1.807, 2.05) is 0 Å². The van der Waals surface area contributed by atoms with Crippen molar-refractivity contribution in [2.75, 3.05) is 19.6 Å². The number of ether oxygens (including phenoxy) is 1. The second kappa shape index (κ2) is 7.75. The quantitative estimate of drug-likeness (QED) is 0.804. The predicted octanol–water partition coefficient (Wildman–Crippen LogP) is 1.36. The molecule has 2 fully saturated rings. The monoisotopic (exact) mass is 311 g/mol. The summed E-state index contributed by atoms with van der Waals surface area (Å²) in [7, 11) is 0. The summed E-state index contributed by atoms with van der Waals surface area (Å²) in [6, 6.07) is 0.183. The zero-order valence-electron chi connectivity index (χ0n) is 14.5. The van der Waals surface area contributed by atoms with Crippen LogP contribution in [0.3, 0.4) is 0 Å². The second-order valence-corrected chi connectivity index (χ2v) is 7.44. The van der Waals surface area contributed by atoms with Gasteiger partial charge in [-0.1, -0.05) is 20.3 Å². The molecule has 1 heterocycles. The molecular weight excluding hydrogens is 278 g/mol. The molecular formula is C17H33N3O2. The van der Waals surface area contributed by atoms with Crippen molar-refractivity contribution in [1.29, 1.82) is 0 Å². The molecule has 1 aliphatic heterocycles. The van der Waals surface area contributed by atoms with Crippen LogP contribution in [0, 0.1) is 11.8 Å². The van der Waals surface area contributed by atoms with Crippen molar-refractivity contribution in [1.82, 2.24) is 10.2 Å². The Morgan fingerprint density at radius 3 is 2.45 bits per heavy atom. The van der Waals surface area contributed by atoms with E-state index in [2.05, 4.69) is 37.9 Å². The molecule has 0 aromatic rings. The van der Waals surface area contributed by atoms with Gasteiger partial charge in [-0.3, -0.25) is 9.69 Å². The second-order valence-electron chi connectivity index (χ2n) is 7.44. The smallest absolute Gasteiger partial charge is 0.237 e. The summed E-state index contributed by atoms with van der Waals surface area (Å²) in [5, 5.41) is 3.29. The normalized spacial score (nSPS) is 34.8. The van der Waals surface area contributed by atoms with Crippen LogP contribution < -0.4 is 11.1 Å². The third kappa shape index (κ3) is 4.21. The van der Waals surface area contributed by atoms with Crippen LogP contribution in [0.4, 0.5) is 0 Å². The van der Waals surface area contributed by atoms with Crippen LogP contribution >= 0.6 is 0 Å². The first kappa shape index (κ1) is 17.7. The number of nitrogens with two attached hydrogens (primary N) is 1. The van der Waals surface area contributed by atoms with Gasteiger partial charge in [0.1, 0.15) is 0 Å². The van der Waals surface area contributed by atoms with Crippen LogP contribution in [-0.4, -0.2) is 54.7 Å². The van der Waals surface area contributed by atoms with Crippen molar-refractivity contribution < 1.29 is 9.53 Å². The molecule has 1 saturated carbocycles. The van der Waals surface area contributed by atoms with Crippen LogP contribution in [-0.2, 0) is 9.53 Å². The summed E-state index contributed by atoms with van der Waals surface area (Å²) in [5.74, 6) is 0.899. The Kier molecular flexibility index (Phi) is 6.24. The van der Waals surface area contributed by atoms with E-state index in [0.717, 1.165) is 25.9 Å². The maximum atomic E-state index is 12.9. The van der Waals surface area contributed by atoms with E-state index in [4.69, 9.17) is 10.5 Å². The van der Waals surface area contributed by atoms with Crippen molar-refractivity contribution in [3.8, 4) is 0 Å². The zero-order chi connectivity index (χ0) is 16.3. The molecule has 0 spiro atoms. The SMILES string of the molecule is CC1CN(C(C(=O)NC2CCCC2CN)C(C)C)CC(C)O1. The molecule has 5 atom stereocenters. The fourth-order valence-corrected chi connectivity index (χ4v) is 4.11. The summed E-state index contributed by atoms with van der Waals surface area (Å²) in [5.41, 5.74) is 5.84. The lowest BCUT2D eigenvalue weighted by molar-refractivity contribution is -0.136. The minimum Gasteiger partial charge on any atom is -0.373 e.